The number of aliphatic hydroxyl groups is 1. The number of anilines is 1. The van der Waals surface area contributed by atoms with E-state index in [9.17, 15) is 38.2 Å². The lowest BCUT2D eigenvalue weighted by Crippen LogP contribution is -2.48. The molecule has 2 aliphatic rings. The number of rotatable bonds is 11. The van der Waals surface area contributed by atoms with Gasteiger partial charge in [0.25, 0.3) is 5.92 Å². The van der Waals surface area contributed by atoms with Crippen molar-refractivity contribution in [1.29, 1.82) is 0 Å². The fourth-order valence-corrected chi connectivity index (χ4v) is 6.42. The Morgan fingerprint density at radius 3 is 2.44 bits per heavy atom. The molecule has 288 valence electrons. The number of ether oxygens (including phenoxy) is 2. The van der Waals surface area contributed by atoms with Gasteiger partial charge in [-0.2, -0.15) is 10.1 Å². The summed E-state index contributed by atoms with van der Waals surface area (Å²) in [5.74, 6) is -3.96. The van der Waals surface area contributed by atoms with Gasteiger partial charge in [-0.25, -0.2) is 32.8 Å². The van der Waals surface area contributed by atoms with Crippen molar-refractivity contribution >= 4 is 17.8 Å². The summed E-state index contributed by atoms with van der Waals surface area (Å²) >= 11 is 0. The molecule has 2 fully saturated rings. The maximum atomic E-state index is 14.3. The lowest BCUT2D eigenvalue weighted by atomic mass is 9.98. The highest BCUT2D eigenvalue weighted by molar-refractivity contribution is 5.83. The molecule has 2 saturated heterocycles. The highest BCUT2D eigenvalue weighted by atomic mass is 19.3. The number of hydrogen-bond acceptors (Lipinski definition) is 12. The number of nitrogens with one attached hydrogen (secondary N) is 2. The molecular weight excluding hydrogens is 714 g/mol. The number of H-pyrrole nitrogens is 1. The maximum absolute atomic E-state index is 14.3. The van der Waals surface area contributed by atoms with Crippen LogP contribution in [0.3, 0.4) is 0 Å². The zero-order valence-electron chi connectivity index (χ0n) is 29.4. The SMILES string of the molecule is CC(C)c1cc(-c2n[nH]c(=O)n2-c2ccc(CN3CCN(C(=O)CCOC(=O)Nc4ccn([C@@H]5O[C@H](CO)CC5(F)F)c(=O)n4)CC3)cc2)c(O)cc1O. The number of halogens is 2. The van der Waals surface area contributed by atoms with Gasteiger partial charge in [0.05, 0.1) is 30.4 Å². The smallest absolute Gasteiger partial charge is 0.412 e. The van der Waals surface area contributed by atoms with Crippen LogP contribution in [0, 0.1) is 0 Å². The summed E-state index contributed by atoms with van der Waals surface area (Å²) in [5.41, 5.74) is 0.802. The van der Waals surface area contributed by atoms with E-state index in [4.69, 9.17) is 14.6 Å². The van der Waals surface area contributed by atoms with Crippen molar-refractivity contribution in [2.45, 2.75) is 57.4 Å². The lowest BCUT2D eigenvalue weighted by Gasteiger charge is -2.34. The Labute approximate surface area is 306 Å². The van der Waals surface area contributed by atoms with Crippen LogP contribution in [0.1, 0.15) is 50.0 Å². The predicted octanol–water partition coefficient (Wildman–Crippen LogP) is 2.52. The molecule has 19 heteroatoms. The number of amides is 2. The molecule has 2 atom stereocenters. The van der Waals surface area contributed by atoms with Crippen LogP contribution in [0.4, 0.5) is 19.4 Å². The molecular formula is C35H40F2N8O9. The minimum atomic E-state index is -3.40. The minimum absolute atomic E-state index is 0.0357. The van der Waals surface area contributed by atoms with Crippen LogP contribution >= 0.6 is 0 Å². The topological polar surface area (TPSA) is 217 Å². The van der Waals surface area contributed by atoms with Gasteiger partial charge in [0.2, 0.25) is 12.1 Å². The molecule has 2 aromatic carbocycles. The number of aromatic amines is 1. The first-order chi connectivity index (χ1) is 25.7. The molecule has 4 heterocycles. The molecule has 0 saturated carbocycles. The van der Waals surface area contributed by atoms with E-state index in [0.717, 1.165) is 17.8 Å². The molecule has 0 unspecified atom stereocenters. The Balaban J connectivity index is 0.958. The Hall–Kier alpha value is -5.66. The van der Waals surface area contributed by atoms with E-state index in [0.29, 0.717) is 54.1 Å². The van der Waals surface area contributed by atoms with Gasteiger partial charge in [-0.05, 0) is 41.3 Å². The standard InChI is InChI=1S/C35H40F2N8O9/c1-20(2)24-15-25(27(48)16-26(24)47)30-40-41-33(51)45(30)22-5-3-21(4-6-22)18-42-10-12-43(13-11-42)29(49)8-14-53-34(52)39-28-7-9-44(32(50)38-28)31-35(36,37)17-23(19-46)54-31/h3-7,9,15-16,20,23,31,46-48H,8,10-14,17-19H2,1-2H3,(H,41,51)(H,38,39,50,52)/t23-,31+/m0/s1. The van der Waals surface area contributed by atoms with Crippen LogP contribution in [0.5, 0.6) is 11.5 Å². The van der Waals surface area contributed by atoms with Gasteiger partial charge in [0.1, 0.15) is 23.9 Å². The van der Waals surface area contributed by atoms with Gasteiger partial charge in [-0.3, -0.25) is 19.6 Å². The molecule has 54 heavy (non-hydrogen) atoms. The molecule has 2 amide bonds. The van der Waals surface area contributed by atoms with Gasteiger partial charge in [0, 0.05) is 51.4 Å². The fraction of sp³-hybridized carbons (Fsp3) is 0.429. The first-order valence-corrected chi connectivity index (χ1v) is 17.2. The van der Waals surface area contributed by atoms with E-state index in [1.165, 1.54) is 10.6 Å². The molecule has 0 aliphatic carbocycles. The Morgan fingerprint density at radius 2 is 1.80 bits per heavy atom. The van der Waals surface area contributed by atoms with Gasteiger partial charge >= 0.3 is 17.5 Å². The van der Waals surface area contributed by atoms with E-state index in [-0.39, 0.29) is 48.0 Å². The first kappa shape index (κ1) is 38.1. The normalized spacial score (nSPS) is 18.6. The monoisotopic (exact) mass is 754 g/mol. The summed E-state index contributed by atoms with van der Waals surface area (Å²) < 4.78 is 40.6. The maximum Gasteiger partial charge on any atom is 0.412 e. The molecule has 4 aromatic rings. The van der Waals surface area contributed by atoms with E-state index in [2.05, 4.69) is 25.4 Å². The van der Waals surface area contributed by atoms with E-state index < -0.39 is 48.8 Å². The van der Waals surface area contributed by atoms with Crippen LogP contribution < -0.4 is 16.7 Å². The first-order valence-electron chi connectivity index (χ1n) is 17.2. The molecule has 0 bridgehead atoms. The number of phenols is 2. The van der Waals surface area contributed by atoms with Gasteiger partial charge < -0.3 is 29.7 Å². The quantitative estimate of drug-likeness (QED) is 0.149. The van der Waals surface area contributed by atoms with E-state index in [1.54, 1.807) is 23.1 Å². The lowest BCUT2D eigenvalue weighted by molar-refractivity contribution is -0.133. The average molecular weight is 755 g/mol. The summed E-state index contributed by atoms with van der Waals surface area (Å²) in [6, 6.07) is 11.3. The van der Waals surface area contributed by atoms with Crippen LogP contribution in [-0.2, 0) is 20.8 Å². The molecule has 2 aromatic heterocycles. The number of aromatic hydroxyl groups is 2. The minimum Gasteiger partial charge on any atom is -0.508 e. The van der Waals surface area contributed by atoms with Crippen molar-refractivity contribution in [3.05, 3.63) is 80.8 Å². The molecule has 2 aliphatic heterocycles. The van der Waals surface area contributed by atoms with E-state index in [1.807, 2.05) is 26.0 Å². The number of benzene rings is 2. The second kappa shape index (κ2) is 15.7. The van der Waals surface area contributed by atoms with Crippen LogP contribution in [0.25, 0.3) is 17.1 Å². The number of aliphatic hydroxyl groups excluding tert-OH is 1. The second-order valence-electron chi connectivity index (χ2n) is 13.4. The predicted molar refractivity (Wildman–Crippen MR) is 188 cm³/mol. The highest BCUT2D eigenvalue weighted by Gasteiger charge is 2.51. The molecule has 0 spiro atoms. The van der Waals surface area contributed by atoms with Crippen LogP contribution in [-0.4, -0.2) is 113 Å². The Morgan fingerprint density at radius 1 is 1.07 bits per heavy atom. The van der Waals surface area contributed by atoms with Crippen molar-refractivity contribution in [3.63, 3.8) is 0 Å². The van der Waals surface area contributed by atoms with Crippen LogP contribution in [0.2, 0.25) is 0 Å². The number of carbonyl (C=O) groups is 2. The molecule has 17 nitrogen and oxygen atoms in total. The third-order valence-corrected chi connectivity index (χ3v) is 9.25. The number of alkyl halides is 2. The molecule has 0 radical (unpaired) electrons. The van der Waals surface area contributed by atoms with E-state index >= 15 is 0 Å². The molecule has 6 rings (SSSR count). The summed E-state index contributed by atoms with van der Waals surface area (Å²) in [6.45, 7) is 5.61. The van der Waals surface area contributed by atoms with Gasteiger partial charge in [-0.1, -0.05) is 26.0 Å². The van der Waals surface area contributed by atoms with Crippen LogP contribution in [0.15, 0.2) is 58.3 Å². The van der Waals surface area contributed by atoms with Crippen molar-refractivity contribution in [3.8, 4) is 28.6 Å². The number of piperazine rings is 1. The number of phenolic OH excluding ortho intramolecular Hbond substituents is 2. The summed E-state index contributed by atoms with van der Waals surface area (Å²) in [7, 11) is 0. The van der Waals surface area contributed by atoms with Gasteiger partial charge in [-0.15, -0.1) is 0 Å². The Kier molecular flexibility index (Phi) is 11.1. The van der Waals surface area contributed by atoms with Crippen molar-refractivity contribution in [1.82, 2.24) is 34.1 Å². The highest BCUT2D eigenvalue weighted by Crippen LogP contribution is 2.42. The third kappa shape index (κ3) is 8.27. The zero-order valence-corrected chi connectivity index (χ0v) is 29.4. The van der Waals surface area contributed by atoms with Crippen molar-refractivity contribution < 1.29 is 43.2 Å². The van der Waals surface area contributed by atoms with Crippen molar-refractivity contribution in [2.75, 3.05) is 44.7 Å². The van der Waals surface area contributed by atoms with Crippen molar-refractivity contribution in [2.24, 2.45) is 0 Å². The summed E-state index contributed by atoms with van der Waals surface area (Å²) in [4.78, 5) is 57.6. The largest absolute Gasteiger partial charge is 0.508 e. The number of nitrogens with zero attached hydrogens (tertiary/aromatic N) is 6. The zero-order chi connectivity index (χ0) is 38.7. The summed E-state index contributed by atoms with van der Waals surface area (Å²) in [6.07, 6.45) is -3.90. The fourth-order valence-electron chi connectivity index (χ4n) is 6.42. The summed E-state index contributed by atoms with van der Waals surface area (Å²) in [5, 5.41) is 38.8. The third-order valence-electron chi connectivity index (χ3n) is 9.25. The van der Waals surface area contributed by atoms with Gasteiger partial charge in [0.15, 0.2) is 5.82 Å². The number of carbonyl (C=O) groups excluding carboxylic acids is 2. The molecule has 5 N–H and O–H groups in total. The number of aromatic nitrogens is 5. The Bertz CT molecular complexity index is 2110. The number of hydrogen-bond donors (Lipinski definition) is 5. The second-order valence-corrected chi connectivity index (χ2v) is 13.4. The average Bonchev–Trinajstić information content (AvgIpc) is 3.66.